The first-order valence-corrected chi connectivity index (χ1v) is 7.92. The van der Waals surface area contributed by atoms with Gasteiger partial charge in [-0.3, -0.25) is 14.9 Å². The number of rotatable bonds is 7. The van der Waals surface area contributed by atoms with E-state index in [-0.39, 0.29) is 11.6 Å². The Bertz CT molecular complexity index is 520. The van der Waals surface area contributed by atoms with Crippen LogP contribution in [-0.2, 0) is 0 Å². The Kier molecular flexibility index (Phi) is 6.48. The molecular formula is C14H21N3O3S. The van der Waals surface area contributed by atoms with Crippen molar-refractivity contribution in [2.45, 2.75) is 18.6 Å². The molecule has 0 aliphatic rings. The molecule has 0 aromatic heterocycles. The number of thioether (sulfide) groups is 1. The Morgan fingerprint density at radius 1 is 1.48 bits per heavy atom. The predicted molar refractivity (Wildman–Crippen MR) is 87.2 cm³/mol. The number of nitro groups is 1. The van der Waals surface area contributed by atoms with Crippen LogP contribution < -0.4 is 5.32 Å². The normalized spacial score (nSPS) is 11.8. The van der Waals surface area contributed by atoms with E-state index in [1.54, 1.807) is 31.9 Å². The van der Waals surface area contributed by atoms with E-state index in [1.165, 1.54) is 17.0 Å². The second-order valence-electron chi connectivity index (χ2n) is 4.95. The molecule has 6 nitrogen and oxygen atoms in total. The van der Waals surface area contributed by atoms with Gasteiger partial charge in [-0.05, 0) is 24.8 Å². The first kappa shape index (κ1) is 17.3. The second-order valence-corrected chi connectivity index (χ2v) is 6.23. The summed E-state index contributed by atoms with van der Waals surface area (Å²) in [6.45, 7) is 2.73. The number of hydrogen-bond donors (Lipinski definition) is 1. The molecule has 116 valence electrons. The van der Waals surface area contributed by atoms with Crippen LogP contribution >= 0.6 is 11.8 Å². The van der Waals surface area contributed by atoms with Gasteiger partial charge in [-0.2, -0.15) is 11.8 Å². The lowest BCUT2D eigenvalue weighted by molar-refractivity contribution is -0.384. The molecule has 1 unspecified atom stereocenters. The lowest BCUT2D eigenvalue weighted by Crippen LogP contribution is -2.22. The molecule has 0 bridgehead atoms. The molecule has 0 fully saturated rings. The minimum atomic E-state index is -0.440. The van der Waals surface area contributed by atoms with Crippen molar-refractivity contribution >= 4 is 29.0 Å². The van der Waals surface area contributed by atoms with Gasteiger partial charge < -0.3 is 10.2 Å². The zero-order valence-electron chi connectivity index (χ0n) is 12.8. The van der Waals surface area contributed by atoms with Crippen molar-refractivity contribution in [3.05, 3.63) is 33.9 Å². The van der Waals surface area contributed by atoms with Gasteiger partial charge in [0.05, 0.1) is 4.92 Å². The van der Waals surface area contributed by atoms with Gasteiger partial charge in [0, 0.05) is 37.5 Å². The average molecular weight is 311 g/mol. The van der Waals surface area contributed by atoms with Crippen molar-refractivity contribution in [2.24, 2.45) is 0 Å². The third kappa shape index (κ3) is 4.93. The van der Waals surface area contributed by atoms with Gasteiger partial charge in [0.1, 0.15) is 5.69 Å². The molecule has 1 amide bonds. The van der Waals surface area contributed by atoms with Crippen molar-refractivity contribution in [2.75, 3.05) is 32.2 Å². The number of benzene rings is 1. The molecular weight excluding hydrogens is 290 g/mol. The number of carbonyl (C=O) groups excluding carboxylic acids is 1. The van der Waals surface area contributed by atoms with Gasteiger partial charge in [-0.1, -0.05) is 6.92 Å². The molecule has 1 atom stereocenters. The van der Waals surface area contributed by atoms with E-state index in [0.29, 0.717) is 23.0 Å². The lowest BCUT2D eigenvalue weighted by atomic mass is 10.1. The number of amides is 1. The number of anilines is 1. The Morgan fingerprint density at radius 3 is 2.67 bits per heavy atom. The molecule has 0 aliphatic carbocycles. The SMILES string of the molecule is CSC(C)CCNc1cc(C(=O)N(C)C)ccc1[N+](=O)[O-]. The van der Waals surface area contributed by atoms with Crippen molar-refractivity contribution < 1.29 is 9.72 Å². The van der Waals surface area contributed by atoms with Crippen LogP contribution in [-0.4, -0.2) is 47.9 Å². The van der Waals surface area contributed by atoms with Crippen molar-refractivity contribution in [3.63, 3.8) is 0 Å². The van der Waals surface area contributed by atoms with Gasteiger partial charge in [-0.25, -0.2) is 0 Å². The Hall–Kier alpha value is -1.76. The Morgan fingerprint density at radius 2 is 2.14 bits per heavy atom. The minimum absolute atomic E-state index is 0.0119. The molecule has 21 heavy (non-hydrogen) atoms. The van der Waals surface area contributed by atoms with E-state index in [2.05, 4.69) is 12.2 Å². The summed E-state index contributed by atoms with van der Waals surface area (Å²) < 4.78 is 0. The molecule has 0 spiro atoms. The average Bonchev–Trinajstić information content (AvgIpc) is 2.45. The van der Waals surface area contributed by atoms with Crippen LogP contribution in [0.5, 0.6) is 0 Å². The van der Waals surface area contributed by atoms with E-state index in [4.69, 9.17) is 0 Å². The fourth-order valence-electron chi connectivity index (χ4n) is 1.76. The zero-order chi connectivity index (χ0) is 16.0. The Balaban J connectivity index is 2.94. The maximum absolute atomic E-state index is 11.9. The largest absolute Gasteiger partial charge is 0.379 e. The van der Waals surface area contributed by atoms with Crippen molar-refractivity contribution in [1.29, 1.82) is 0 Å². The van der Waals surface area contributed by atoms with Crippen molar-refractivity contribution in [3.8, 4) is 0 Å². The first-order valence-electron chi connectivity index (χ1n) is 6.63. The summed E-state index contributed by atoms with van der Waals surface area (Å²) in [6.07, 6.45) is 2.92. The van der Waals surface area contributed by atoms with Gasteiger partial charge in [0.25, 0.3) is 11.6 Å². The van der Waals surface area contributed by atoms with Crippen molar-refractivity contribution in [1.82, 2.24) is 4.90 Å². The first-order chi connectivity index (χ1) is 9.86. The summed E-state index contributed by atoms with van der Waals surface area (Å²) in [7, 11) is 3.30. The van der Waals surface area contributed by atoms with Crippen LogP contribution in [0.4, 0.5) is 11.4 Å². The smallest absolute Gasteiger partial charge is 0.292 e. The van der Waals surface area contributed by atoms with E-state index < -0.39 is 4.92 Å². The number of hydrogen-bond acceptors (Lipinski definition) is 5. The molecule has 0 saturated heterocycles. The molecule has 1 N–H and O–H groups in total. The minimum Gasteiger partial charge on any atom is -0.379 e. The number of nitrogens with zero attached hydrogens (tertiary/aromatic N) is 2. The third-order valence-corrected chi connectivity index (χ3v) is 4.16. The van der Waals surface area contributed by atoms with Crippen LogP contribution in [0.1, 0.15) is 23.7 Å². The molecule has 0 saturated carbocycles. The van der Waals surface area contributed by atoms with E-state index in [9.17, 15) is 14.9 Å². The highest BCUT2D eigenvalue weighted by Crippen LogP contribution is 2.26. The van der Waals surface area contributed by atoms with Gasteiger partial charge in [0.15, 0.2) is 0 Å². The van der Waals surface area contributed by atoms with Gasteiger partial charge in [-0.15, -0.1) is 0 Å². The second kappa shape index (κ2) is 7.87. The monoisotopic (exact) mass is 311 g/mol. The molecule has 0 aliphatic heterocycles. The van der Waals surface area contributed by atoms with Gasteiger partial charge >= 0.3 is 0 Å². The number of nitrogens with one attached hydrogen (secondary N) is 1. The number of carbonyl (C=O) groups is 1. The predicted octanol–water partition coefficient (Wildman–Crippen LogP) is 2.85. The molecule has 1 aromatic rings. The molecule has 1 rings (SSSR count). The zero-order valence-corrected chi connectivity index (χ0v) is 13.6. The fourth-order valence-corrected chi connectivity index (χ4v) is 2.11. The van der Waals surface area contributed by atoms with E-state index in [0.717, 1.165) is 6.42 Å². The van der Waals surface area contributed by atoms with Crippen LogP contribution in [0.3, 0.4) is 0 Å². The Labute approximate surface area is 129 Å². The number of nitro benzene ring substituents is 1. The third-order valence-electron chi connectivity index (χ3n) is 3.12. The summed E-state index contributed by atoms with van der Waals surface area (Å²) in [4.78, 5) is 24.0. The molecule has 7 heteroatoms. The summed E-state index contributed by atoms with van der Waals surface area (Å²) >= 11 is 1.75. The standard InChI is InChI=1S/C14H21N3O3S/c1-10(21-4)7-8-15-12-9-11(14(18)16(2)3)5-6-13(12)17(19)20/h5-6,9-10,15H,7-8H2,1-4H3. The summed E-state index contributed by atoms with van der Waals surface area (Å²) in [5.41, 5.74) is 0.814. The maximum atomic E-state index is 11.9. The van der Waals surface area contributed by atoms with Gasteiger partial charge in [0.2, 0.25) is 0 Å². The highest BCUT2D eigenvalue weighted by atomic mass is 32.2. The highest BCUT2D eigenvalue weighted by molar-refractivity contribution is 7.99. The van der Waals surface area contributed by atoms with Crippen LogP contribution in [0.15, 0.2) is 18.2 Å². The van der Waals surface area contributed by atoms with Crippen LogP contribution in [0, 0.1) is 10.1 Å². The fraction of sp³-hybridized carbons (Fsp3) is 0.500. The molecule has 1 aromatic carbocycles. The summed E-state index contributed by atoms with van der Waals surface area (Å²) in [5, 5.41) is 14.6. The quantitative estimate of drug-likeness (QED) is 0.619. The lowest BCUT2D eigenvalue weighted by Gasteiger charge is -2.13. The highest BCUT2D eigenvalue weighted by Gasteiger charge is 2.17. The van der Waals surface area contributed by atoms with E-state index >= 15 is 0 Å². The molecule has 0 heterocycles. The van der Waals surface area contributed by atoms with Crippen LogP contribution in [0.25, 0.3) is 0 Å². The maximum Gasteiger partial charge on any atom is 0.292 e. The summed E-state index contributed by atoms with van der Waals surface area (Å²) in [5.74, 6) is -0.176. The molecule has 0 radical (unpaired) electrons. The van der Waals surface area contributed by atoms with Crippen LogP contribution in [0.2, 0.25) is 0 Å². The van der Waals surface area contributed by atoms with E-state index in [1.807, 2.05) is 6.26 Å². The summed E-state index contributed by atoms with van der Waals surface area (Å²) in [6, 6.07) is 4.40. The topological polar surface area (TPSA) is 75.5 Å².